The molecule has 2 rings (SSSR count). The number of benzene rings is 1. The first-order valence-corrected chi connectivity index (χ1v) is 9.00. The SMILES string of the molecule is CCNC(=NCC1(CC)CCC1)NCCc1ccc(OC)cc1O.I. The summed E-state index contributed by atoms with van der Waals surface area (Å²) < 4.78 is 5.11. The van der Waals surface area contributed by atoms with E-state index in [1.807, 2.05) is 12.1 Å². The van der Waals surface area contributed by atoms with Crippen LogP contribution in [0, 0.1) is 5.41 Å². The minimum atomic E-state index is 0. The molecule has 0 aromatic heterocycles. The first-order chi connectivity index (χ1) is 11.6. The third-order valence-electron chi connectivity index (χ3n) is 5.06. The summed E-state index contributed by atoms with van der Waals surface area (Å²) >= 11 is 0. The quantitative estimate of drug-likeness (QED) is 0.314. The van der Waals surface area contributed by atoms with E-state index < -0.39 is 0 Å². The maximum absolute atomic E-state index is 10.0. The summed E-state index contributed by atoms with van der Waals surface area (Å²) in [5.74, 6) is 1.81. The number of aromatic hydroxyl groups is 1. The Morgan fingerprint density at radius 2 is 2.04 bits per heavy atom. The molecule has 1 aromatic rings. The zero-order valence-electron chi connectivity index (χ0n) is 15.6. The Balaban J connectivity index is 0.00000312. The summed E-state index contributed by atoms with van der Waals surface area (Å²) in [5, 5.41) is 16.7. The molecule has 1 saturated carbocycles. The second kappa shape index (κ2) is 10.7. The van der Waals surface area contributed by atoms with Crippen LogP contribution in [0.5, 0.6) is 11.5 Å². The number of aliphatic imine (C=N–C) groups is 1. The van der Waals surface area contributed by atoms with Crippen molar-refractivity contribution >= 4 is 29.9 Å². The zero-order valence-corrected chi connectivity index (χ0v) is 17.9. The van der Waals surface area contributed by atoms with E-state index in [1.54, 1.807) is 13.2 Å². The van der Waals surface area contributed by atoms with Crippen molar-refractivity contribution in [3.05, 3.63) is 23.8 Å². The topological polar surface area (TPSA) is 65.9 Å². The summed E-state index contributed by atoms with van der Waals surface area (Å²) in [7, 11) is 1.60. The van der Waals surface area contributed by atoms with Crippen LogP contribution < -0.4 is 15.4 Å². The van der Waals surface area contributed by atoms with Crippen LogP contribution in [0.4, 0.5) is 0 Å². The van der Waals surface area contributed by atoms with E-state index >= 15 is 0 Å². The van der Waals surface area contributed by atoms with Gasteiger partial charge in [0.2, 0.25) is 0 Å². The van der Waals surface area contributed by atoms with E-state index in [0.29, 0.717) is 11.2 Å². The van der Waals surface area contributed by atoms with Crippen molar-refractivity contribution in [3.63, 3.8) is 0 Å². The van der Waals surface area contributed by atoms with E-state index in [2.05, 4.69) is 24.5 Å². The molecular formula is C19H32IN3O2. The van der Waals surface area contributed by atoms with Crippen molar-refractivity contribution in [1.82, 2.24) is 10.6 Å². The standard InChI is InChI=1S/C19H31N3O2.HI/c1-4-19(10-6-11-19)14-22-18(20-5-2)21-12-9-15-7-8-16(24-3)13-17(15)23;/h7-8,13,23H,4-6,9-12,14H2,1-3H3,(H2,20,21,22);1H. The van der Waals surface area contributed by atoms with E-state index in [1.165, 1.54) is 25.7 Å². The van der Waals surface area contributed by atoms with Crippen molar-refractivity contribution < 1.29 is 9.84 Å². The number of rotatable bonds is 8. The smallest absolute Gasteiger partial charge is 0.191 e. The van der Waals surface area contributed by atoms with Crippen LogP contribution >= 0.6 is 24.0 Å². The Labute approximate surface area is 168 Å². The van der Waals surface area contributed by atoms with Gasteiger partial charge in [0.1, 0.15) is 11.5 Å². The lowest BCUT2D eigenvalue weighted by molar-refractivity contribution is 0.139. The monoisotopic (exact) mass is 461 g/mol. The van der Waals surface area contributed by atoms with E-state index in [4.69, 9.17) is 9.73 Å². The fraction of sp³-hybridized carbons (Fsp3) is 0.632. The molecule has 142 valence electrons. The number of nitrogens with zero attached hydrogens (tertiary/aromatic N) is 1. The first-order valence-electron chi connectivity index (χ1n) is 9.00. The van der Waals surface area contributed by atoms with Gasteiger partial charge in [0, 0.05) is 25.7 Å². The summed E-state index contributed by atoms with van der Waals surface area (Å²) in [6, 6.07) is 5.42. The lowest BCUT2D eigenvalue weighted by Gasteiger charge is -2.40. The fourth-order valence-electron chi connectivity index (χ4n) is 3.09. The molecule has 1 aliphatic rings. The lowest BCUT2D eigenvalue weighted by Crippen LogP contribution is -2.40. The highest BCUT2D eigenvalue weighted by molar-refractivity contribution is 14.0. The van der Waals surface area contributed by atoms with Gasteiger partial charge in [0.25, 0.3) is 0 Å². The number of methoxy groups -OCH3 is 1. The predicted octanol–water partition coefficient (Wildman–Crippen LogP) is 3.70. The number of ether oxygens (including phenoxy) is 1. The van der Waals surface area contributed by atoms with E-state index in [9.17, 15) is 5.11 Å². The molecular weight excluding hydrogens is 429 g/mol. The molecule has 0 saturated heterocycles. The minimum absolute atomic E-state index is 0. The van der Waals surface area contributed by atoms with Gasteiger partial charge in [-0.2, -0.15) is 0 Å². The van der Waals surface area contributed by atoms with Gasteiger partial charge in [-0.1, -0.05) is 19.4 Å². The molecule has 1 fully saturated rings. The van der Waals surface area contributed by atoms with Gasteiger partial charge < -0.3 is 20.5 Å². The van der Waals surface area contributed by atoms with Crippen LogP contribution in [-0.2, 0) is 6.42 Å². The largest absolute Gasteiger partial charge is 0.508 e. The Morgan fingerprint density at radius 3 is 2.56 bits per heavy atom. The highest BCUT2D eigenvalue weighted by atomic mass is 127. The number of nitrogens with one attached hydrogen (secondary N) is 2. The van der Waals surface area contributed by atoms with Crippen molar-refractivity contribution in [2.45, 2.75) is 46.0 Å². The average molecular weight is 461 g/mol. The van der Waals surface area contributed by atoms with E-state index in [0.717, 1.165) is 37.6 Å². The number of hydrogen-bond donors (Lipinski definition) is 3. The Hall–Kier alpha value is -1.18. The van der Waals surface area contributed by atoms with Crippen LogP contribution in [0.1, 0.15) is 45.1 Å². The lowest BCUT2D eigenvalue weighted by atomic mass is 9.67. The molecule has 0 atom stereocenters. The van der Waals surface area contributed by atoms with Gasteiger partial charge in [-0.25, -0.2) is 0 Å². The first kappa shape index (κ1) is 21.9. The highest BCUT2D eigenvalue weighted by Crippen LogP contribution is 2.43. The summed E-state index contributed by atoms with van der Waals surface area (Å²) in [4.78, 5) is 4.77. The maximum Gasteiger partial charge on any atom is 0.191 e. The molecule has 3 N–H and O–H groups in total. The number of hydrogen-bond acceptors (Lipinski definition) is 3. The van der Waals surface area contributed by atoms with E-state index in [-0.39, 0.29) is 29.7 Å². The second-order valence-electron chi connectivity index (χ2n) is 6.57. The summed E-state index contributed by atoms with van der Waals surface area (Å²) in [5.41, 5.74) is 1.33. The van der Waals surface area contributed by atoms with Gasteiger partial charge in [0.05, 0.1) is 7.11 Å². The van der Waals surface area contributed by atoms with Gasteiger partial charge in [-0.15, -0.1) is 24.0 Å². The molecule has 1 aromatic carbocycles. The number of phenolic OH excluding ortho intramolecular Hbond substituents is 1. The molecule has 0 aliphatic heterocycles. The molecule has 0 bridgehead atoms. The third kappa shape index (κ3) is 6.24. The summed E-state index contributed by atoms with van der Waals surface area (Å²) in [6.45, 7) is 6.81. The van der Waals surface area contributed by atoms with Crippen molar-refractivity contribution in [1.29, 1.82) is 0 Å². The predicted molar refractivity (Wildman–Crippen MR) is 114 cm³/mol. The molecule has 0 unspecified atom stereocenters. The third-order valence-corrected chi connectivity index (χ3v) is 5.06. The van der Waals surface area contributed by atoms with Crippen molar-refractivity contribution in [3.8, 4) is 11.5 Å². The van der Waals surface area contributed by atoms with Gasteiger partial charge in [0.15, 0.2) is 5.96 Å². The Morgan fingerprint density at radius 1 is 1.28 bits per heavy atom. The molecule has 1 aliphatic carbocycles. The van der Waals surface area contributed by atoms with Crippen LogP contribution in [-0.4, -0.2) is 37.8 Å². The number of guanidine groups is 1. The van der Waals surface area contributed by atoms with Crippen molar-refractivity contribution in [2.75, 3.05) is 26.7 Å². The zero-order chi connectivity index (χ0) is 17.4. The molecule has 5 nitrogen and oxygen atoms in total. The molecule has 0 heterocycles. The number of halogens is 1. The van der Waals surface area contributed by atoms with Crippen LogP contribution in [0.2, 0.25) is 0 Å². The molecule has 0 amide bonds. The molecule has 6 heteroatoms. The van der Waals surface area contributed by atoms with Crippen LogP contribution in [0.15, 0.2) is 23.2 Å². The fourth-order valence-corrected chi connectivity index (χ4v) is 3.09. The average Bonchev–Trinajstić information content (AvgIpc) is 2.55. The molecule has 0 spiro atoms. The van der Waals surface area contributed by atoms with Gasteiger partial charge in [-0.05, 0) is 49.7 Å². The maximum atomic E-state index is 10.0. The van der Waals surface area contributed by atoms with Crippen LogP contribution in [0.3, 0.4) is 0 Å². The normalized spacial score (nSPS) is 15.7. The van der Waals surface area contributed by atoms with Crippen LogP contribution in [0.25, 0.3) is 0 Å². The van der Waals surface area contributed by atoms with Gasteiger partial charge in [-0.3, -0.25) is 4.99 Å². The highest BCUT2D eigenvalue weighted by Gasteiger charge is 2.34. The molecule has 25 heavy (non-hydrogen) atoms. The number of phenols is 1. The minimum Gasteiger partial charge on any atom is -0.508 e. The Bertz CT molecular complexity index is 554. The summed E-state index contributed by atoms with van der Waals surface area (Å²) in [6.07, 6.45) is 5.87. The second-order valence-corrected chi connectivity index (χ2v) is 6.57. The molecule has 0 radical (unpaired) electrons. The Kier molecular flexibility index (Phi) is 9.38. The van der Waals surface area contributed by atoms with Gasteiger partial charge >= 0.3 is 0 Å². The van der Waals surface area contributed by atoms with Crippen molar-refractivity contribution in [2.24, 2.45) is 10.4 Å².